The predicted molar refractivity (Wildman–Crippen MR) is 119 cm³/mol. The maximum absolute atomic E-state index is 12.6. The summed E-state index contributed by atoms with van der Waals surface area (Å²) in [5.74, 6) is -0.640. The van der Waals surface area contributed by atoms with Gasteiger partial charge in [0, 0.05) is 0 Å². The van der Waals surface area contributed by atoms with Crippen LogP contribution in [0.25, 0.3) is 0 Å². The highest BCUT2D eigenvalue weighted by Gasteiger charge is 2.35. The smallest absolute Gasteiger partial charge is 0.408 e. The molecular formula is C24H33NO7. The Morgan fingerprint density at radius 2 is 1.75 bits per heavy atom. The Labute approximate surface area is 189 Å². The third-order valence-corrected chi connectivity index (χ3v) is 4.60. The lowest BCUT2D eigenvalue weighted by atomic mass is 10.1. The van der Waals surface area contributed by atoms with Gasteiger partial charge in [0.15, 0.2) is 6.04 Å². The van der Waals surface area contributed by atoms with Crippen molar-refractivity contribution >= 4 is 12.1 Å². The molecule has 2 rings (SSSR count). The molecule has 1 aromatic carbocycles. The second-order valence-corrected chi connectivity index (χ2v) is 7.97. The van der Waals surface area contributed by atoms with Crippen LogP contribution >= 0.6 is 0 Å². The number of ether oxygens (including phenoxy) is 5. The van der Waals surface area contributed by atoms with E-state index in [9.17, 15) is 9.59 Å². The van der Waals surface area contributed by atoms with Crippen LogP contribution in [0.4, 0.5) is 4.79 Å². The zero-order chi connectivity index (χ0) is 23.5. The van der Waals surface area contributed by atoms with Gasteiger partial charge in [-0.05, 0) is 26.3 Å². The van der Waals surface area contributed by atoms with Crippen molar-refractivity contribution in [1.29, 1.82) is 0 Å². The molecule has 0 aliphatic carbocycles. The number of benzene rings is 1. The van der Waals surface area contributed by atoms with Gasteiger partial charge in [-0.25, -0.2) is 9.59 Å². The molecule has 8 nitrogen and oxygen atoms in total. The second-order valence-electron chi connectivity index (χ2n) is 7.97. The molecule has 1 heterocycles. The zero-order valence-corrected chi connectivity index (χ0v) is 19.0. The normalized spacial score (nSPS) is 23.8. The molecule has 1 aliphatic heterocycles. The van der Waals surface area contributed by atoms with Gasteiger partial charge >= 0.3 is 12.1 Å². The van der Waals surface area contributed by atoms with Crippen LogP contribution in [0, 0.1) is 0 Å². The van der Waals surface area contributed by atoms with E-state index in [4.69, 9.17) is 23.7 Å². The van der Waals surface area contributed by atoms with Gasteiger partial charge in [-0.15, -0.1) is 0 Å². The highest BCUT2D eigenvalue weighted by molar-refractivity contribution is 5.81. The van der Waals surface area contributed by atoms with Crippen LogP contribution in [0.5, 0.6) is 0 Å². The first-order chi connectivity index (χ1) is 15.3. The molecule has 32 heavy (non-hydrogen) atoms. The van der Waals surface area contributed by atoms with Gasteiger partial charge < -0.3 is 29.0 Å². The molecule has 8 heteroatoms. The van der Waals surface area contributed by atoms with Crippen molar-refractivity contribution in [3.05, 3.63) is 60.2 Å². The van der Waals surface area contributed by atoms with Crippen molar-refractivity contribution in [1.82, 2.24) is 5.32 Å². The molecule has 4 atom stereocenters. The van der Waals surface area contributed by atoms with E-state index in [1.165, 1.54) is 0 Å². The first kappa shape index (κ1) is 25.6. The molecule has 1 aromatic rings. The molecule has 1 aliphatic rings. The Morgan fingerprint density at radius 3 is 2.41 bits per heavy atom. The standard InChI is InChI=1S/C24H33NO7/c1-16(2)11-29-21-15-31-23(26)20(14-28-18(5)22(21)30-12-17(3)4)25-24(27)32-13-19-9-7-6-8-10-19/h6-10,18,20-22H,1,3,11-15H2,2,4-5H3,(H,25,27)/t18-,20-,21-,22-/m0/s1. The number of amides is 1. The molecule has 0 saturated carbocycles. The van der Waals surface area contributed by atoms with E-state index in [0.29, 0.717) is 6.61 Å². The van der Waals surface area contributed by atoms with E-state index < -0.39 is 36.4 Å². The summed E-state index contributed by atoms with van der Waals surface area (Å²) in [6.45, 7) is 13.7. The third kappa shape index (κ3) is 8.82. The Morgan fingerprint density at radius 1 is 1.09 bits per heavy atom. The number of alkyl carbamates (subject to hydrolysis) is 1. The van der Waals surface area contributed by atoms with Crippen LogP contribution in [0.3, 0.4) is 0 Å². The van der Waals surface area contributed by atoms with E-state index in [-0.39, 0.29) is 26.4 Å². The zero-order valence-electron chi connectivity index (χ0n) is 19.0. The quantitative estimate of drug-likeness (QED) is 0.459. The predicted octanol–water partition coefficient (Wildman–Crippen LogP) is 3.17. The van der Waals surface area contributed by atoms with E-state index in [1.54, 1.807) is 0 Å². The molecule has 0 bridgehead atoms. The second kappa shape index (κ2) is 13.0. The van der Waals surface area contributed by atoms with Gasteiger partial charge in [0.1, 0.15) is 25.4 Å². The monoisotopic (exact) mass is 447 g/mol. The third-order valence-electron chi connectivity index (χ3n) is 4.60. The van der Waals surface area contributed by atoms with Crippen molar-refractivity contribution in [2.24, 2.45) is 0 Å². The van der Waals surface area contributed by atoms with Crippen LogP contribution in [-0.2, 0) is 35.1 Å². The topological polar surface area (TPSA) is 92.3 Å². The fraction of sp³-hybridized carbons (Fsp3) is 0.500. The summed E-state index contributed by atoms with van der Waals surface area (Å²) in [4.78, 5) is 24.8. The maximum atomic E-state index is 12.6. The van der Waals surface area contributed by atoms with Crippen LogP contribution < -0.4 is 5.32 Å². The lowest BCUT2D eigenvalue weighted by Gasteiger charge is -2.30. The minimum absolute atomic E-state index is 0.0576. The minimum Gasteiger partial charge on any atom is -0.461 e. The first-order valence-electron chi connectivity index (χ1n) is 10.5. The van der Waals surface area contributed by atoms with Gasteiger partial charge in [-0.2, -0.15) is 0 Å². The van der Waals surface area contributed by atoms with E-state index in [2.05, 4.69) is 18.5 Å². The summed E-state index contributed by atoms with van der Waals surface area (Å²) >= 11 is 0. The molecule has 0 unspecified atom stereocenters. The highest BCUT2D eigenvalue weighted by atomic mass is 16.6. The first-order valence-corrected chi connectivity index (χ1v) is 10.5. The number of rotatable bonds is 9. The van der Waals surface area contributed by atoms with Crippen molar-refractivity contribution in [3.63, 3.8) is 0 Å². The summed E-state index contributed by atoms with van der Waals surface area (Å²) in [5.41, 5.74) is 2.50. The van der Waals surface area contributed by atoms with Crippen molar-refractivity contribution in [3.8, 4) is 0 Å². The average Bonchev–Trinajstić information content (AvgIpc) is 2.80. The lowest BCUT2D eigenvalue weighted by Crippen LogP contribution is -2.45. The van der Waals surface area contributed by atoms with Crippen LogP contribution in [-0.4, -0.2) is 62.8 Å². The number of cyclic esters (lactones) is 1. The Bertz CT molecular complexity index is 780. The summed E-state index contributed by atoms with van der Waals surface area (Å²) in [6.07, 6.45) is -2.27. The van der Waals surface area contributed by atoms with E-state index in [1.807, 2.05) is 51.1 Å². The molecule has 176 valence electrons. The maximum Gasteiger partial charge on any atom is 0.408 e. The number of carbonyl (C=O) groups is 2. The summed E-state index contributed by atoms with van der Waals surface area (Å²) in [6, 6.07) is 8.21. The van der Waals surface area contributed by atoms with Crippen LogP contribution in [0.1, 0.15) is 26.3 Å². The number of hydrogen-bond acceptors (Lipinski definition) is 7. The van der Waals surface area contributed by atoms with Crippen LogP contribution in [0.2, 0.25) is 0 Å². The van der Waals surface area contributed by atoms with Crippen LogP contribution in [0.15, 0.2) is 54.6 Å². The highest BCUT2D eigenvalue weighted by Crippen LogP contribution is 2.17. The lowest BCUT2D eigenvalue weighted by molar-refractivity contribution is -0.155. The molecule has 0 radical (unpaired) electrons. The van der Waals surface area contributed by atoms with E-state index in [0.717, 1.165) is 16.7 Å². The van der Waals surface area contributed by atoms with Crippen molar-refractivity contribution < 1.29 is 33.3 Å². The fourth-order valence-corrected chi connectivity index (χ4v) is 2.95. The van der Waals surface area contributed by atoms with Gasteiger partial charge in [-0.1, -0.05) is 54.6 Å². The average molecular weight is 448 g/mol. The largest absolute Gasteiger partial charge is 0.461 e. The molecule has 0 aromatic heterocycles. The number of carbonyl (C=O) groups excluding carboxylic acids is 2. The van der Waals surface area contributed by atoms with Gasteiger partial charge in [0.25, 0.3) is 0 Å². The number of esters is 1. The fourth-order valence-electron chi connectivity index (χ4n) is 2.95. The Balaban J connectivity index is 2.01. The van der Waals surface area contributed by atoms with Crippen molar-refractivity contribution in [2.75, 3.05) is 26.4 Å². The van der Waals surface area contributed by atoms with Crippen molar-refractivity contribution in [2.45, 2.75) is 51.7 Å². The summed E-state index contributed by atoms with van der Waals surface area (Å²) in [7, 11) is 0. The molecule has 1 amide bonds. The van der Waals surface area contributed by atoms with Gasteiger partial charge in [0.05, 0.1) is 25.9 Å². The summed E-state index contributed by atoms with van der Waals surface area (Å²) < 4.78 is 28.3. The minimum atomic E-state index is -1.03. The number of hydrogen-bond donors (Lipinski definition) is 1. The van der Waals surface area contributed by atoms with E-state index >= 15 is 0 Å². The molecular weight excluding hydrogens is 414 g/mol. The Kier molecular flexibility index (Phi) is 10.4. The molecule has 1 N–H and O–H groups in total. The van der Waals surface area contributed by atoms with Gasteiger partial charge in [-0.3, -0.25) is 0 Å². The molecule has 1 saturated heterocycles. The SMILES string of the molecule is C=C(C)CO[C@H]1[C@H](C)OC[C@H](NC(=O)OCc2ccccc2)C(=O)OC[C@@H]1OCC(=C)C. The Hall–Kier alpha value is -2.68. The van der Waals surface area contributed by atoms with Gasteiger partial charge in [0.2, 0.25) is 0 Å². The summed E-state index contributed by atoms with van der Waals surface area (Å²) in [5, 5.41) is 2.51. The molecule has 1 fully saturated rings. The molecule has 0 spiro atoms. The number of nitrogens with one attached hydrogen (secondary N) is 1.